The van der Waals surface area contributed by atoms with Crippen molar-refractivity contribution in [2.75, 3.05) is 13.6 Å². The first kappa shape index (κ1) is 18.0. The largest absolute Gasteiger partial charge is 0.467 e. The lowest BCUT2D eigenvalue weighted by Gasteiger charge is -2.24. The van der Waals surface area contributed by atoms with Crippen LogP contribution in [0.4, 0.5) is 0 Å². The van der Waals surface area contributed by atoms with Gasteiger partial charge in [-0.05, 0) is 36.6 Å². The van der Waals surface area contributed by atoms with Gasteiger partial charge in [0.25, 0.3) is 5.91 Å². The highest BCUT2D eigenvalue weighted by molar-refractivity contribution is 9.10. The van der Waals surface area contributed by atoms with Crippen LogP contribution in [0, 0.1) is 0 Å². The zero-order valence-corrected chi connectivity index (χ0v) is 15.3. The Balaban J connectivity index is 0.00000192. The number of nitrogens with two attached hydrogens (primary N) is 1. The molecule has 0 spiro atoms. The third-order valence-electron chi connectivity index (χ3n) is 4.30. The molecule has 6 heteroatoms. The fraction of sp³-hybridized carbons (Fsp3) is 0.353. The molecular formula is C17H20BrClN2O2. The minimum Gasteiger partial charge on any atom is -0.467 e. The van der Waals surface area contributed by atoms with Gasteiger partial charge >= 0.3 is 0 Å². The molecule has 1 heterocycles. The molecule has 1 fully saturated rings. The summed E-state index contributed by atoms with van der Waals surface area (Å²) in [6.45, 7) is 1.02. The summed E-state index contributed by atoms with van der Waals surface area (Å²) in [7, 11) is 1.84. The lowest BCUT2D eigenvalue weighted by Crippen LogP contribution is -2.34. The number of halogens is 2. The molecule has 3 rings (SSSR count). The first-order chi connectivity index (χ1) is 10.5. The molecule has 0 unspecified atom stereocenters. The number of carbonyl (C=O) groups is 1. The number of carbonyl (C=O) groups excluding carboxylic acids is 1. The van der Waals surface area contributed by atoms with Gasteiger partial charge in [0, 0.05) is 23.5 Å². The molecule has 0 bridgehead atoms. The molecule has 0 atom stereocenters. The Morgan fingerprint density at radius 2 is 2.00 bits per heavy atom. The van der Waals surface area contributed by atoms with E-state index in [1.807, 2.05) is 7.05 Å². The molecule has 2 aromatic rings. The van der Waals surface area contributed by atoms with Crippen LogP contribution in [0.3, 0.4) is 0 Å². The molecule has 0 saturated heterocycles. The molecule has 1 aromatic heterocycles. The van der Waals surface area contributed by atoms with Gasteiger partial charge in [0.15, 0.2) is 0 Å². The predicted molar refractivity (Wildman–Crippen MR) is 95.9 cm³/mol. The van der Waals surface area contributed by atoms with Crippen molar-refractivity contribution in [2.45, 2.75) is 24.8 Å². The van der Waals surface area contributed by atoms with E-state index < -0.39 is 0 Å². The fourth-order valence-corrected chi connectivity index (χ4v) is 3.10. The number of hydrogen-bond donors (Lipinski definition) is 1. The zero-order valence-electron chi connectivity index (χ0n) is 12.9. The number of furan rings is 1. The van der Waals surface area contributed by atoms with Gasteiger partial charge in [0.2, 0.25) is 0 Å². The van der Waals surface area contributed by atoms with Crippen LogP contribution in [0.1, 0.15) is 34.5 Å². The van der Waals surface area contributed by atoms with E-state index in [4.69, 9.17) is 10.2 Å². The van der Waals surface area contributed by atoms with Gasteiger partial charge in [-0.25, -0.2) is 0 Å². The number of hydrogen-bond acceptors (Lipinski definition) is 3. The second-order valence-corrected chi connectivity index (χ2v) is 6.87. The summed E-state index contributed by atoms with van der Waals surface area (Å²) in [5.74, 6) is 0.609. The van der Waals surface area contributed by atoms with E-state index in [0.29, 0.717) is 17.9 Å². The Morgan fingerprint density at radius 1 is 1.35 bits per heavy atom. The number of amides is 1. The quantitative estimate of drug-likeness (QED) is 0.833. The molecule has 1 amide bonds. The highest BCUT2D eigenvalue weighted by atomic mass is 79.9. The van der Waals surface area contributed by atoms with E-state index in [-0.39, 0.29) is 23.7 Å². The van der Waals surface area contributed by atoms with Crippen LogP contribution in [-0.4, -0.2) is 24.4 Å². The first-order valence-corrected chi connectivity index (χ1v) is 8.12. The van der Waals surface area contributed by atoms with Crippen molar-refractivity contribution >= 4 is 34.2 Å². The molecular weight excluding hydrogens is 380 g/mol. The van der Waals surface area contributed by atoms with Gasteiger partial charge in [-0.15, -0.1) is 12.4 Å². The van der Waals surface area contributed by atoms with Crippen molar-refractivity contribution in [3.63, 3.8) is 0 Å². The van der Waals surface area contributed by atoms with Crippen LogP contribution in [0.25, 0.3) is 0 Å². The van der Waals surface area contributed by atoms with Gasteiger partial charge in [-0.1, -0.05) is 28.1 Å². The molecule has 0 aliphatic heterocycles. The summed E-state index contributed by atoms with van der Waals surface area (Å²) >= 11 is 3.46. The van der Waals surface area contributed by atoms with Crippen molar-refractivity contribution in [3.8, 4) is 0 Å². The summed E-state index contributed by atoms with van der Waals surface area (Å²) in [5, 5.41) is 0. The summed E-state index contributed by atoms with van der Waals surface area (Å²) < 4.78 is 6.32. The molecule has 23 heavy (non-hydrogen) atoms. The standard InChI is InChI=1S/C17H19BrN2O2.ClH/c1-20(16(21)12-8-15(9-19)22-10-12)11-17(6-7-17)13-2-4-14(18)5-3-13;/h2-5,8,10H,6-7,9,11,19H2,1H3;1H. The maximum Gasteiger partial charge on any atom is 0.256 e. The number of benzene rings is 1. The lowest BCUT2D eigenvalue weighted by molar-refractivity contribution is 0.0781. The Hall–Kier alpha value is -1.30. The van der Waals surface area contributed by atoms with E-state index in [9.17, 15) is 4.79 Å². The average Bonchev–Trinajstić information content (AvgIpc) is 3.14. The third kappa shape index (κ3) is 3.79. The minimum absolute atomic E-state index is 0. The van der Waals surface area contributed by atoms with E-state index >= 15 is 0 Å². The Kier molecular flexibility index (Phi) is 5.55. The molecule has 2 N–H and O–H groups in total. The van der Waals surface area contributed by atoms with E-state index in [1.165, 1.54) is 11.8 Å². The second kappa shape index (κ2) is 7.07. The van der Waals surface area contributed by atoms with Crippen molar-refractivity contribution in [1.82, 2.24) is 4.90 Å². The van der Waals surface area contributed by atoms with E-state index in [0.717, 1.165) is 23.9 Å². The second-order valence-electron chi connectivity index (χ2n) is 5.95. The van der Waals surface area contributed by atoms with Crippen LogP contribution in [0.2, 0.25) is 0 Å². The minimum atomic E-state index is -0.0214. The van der Waals surface area contributed by atoms with E-state index in [2.05, 4.69) is 40.2 Å². The number of likely N-dealkylation sites (N-methyl/N-ethyl adjacent to an activating group) is 1. The van der Waals surface area contributed by atoms with Crippen molar-refractivity contribution in [2.24, 2.45) is 5.73 Å². The third-order valence-corrected chi connectivity index (χ3v) is 4.83. The Morgan fingerprint density at radius 3 is 2.52 bits per heavy atom. The highest BCUT2D eigenvalue weighted by Gasteiger charge is 2.45. The smallest absolute Gasteiger partial charge is 0.256 e. The summed E-state index contributed by atoms with van der Waals surface area (Å²) in [6.07, 6.45) is 3.72. The molecule has 0 radical (unpaired) electrons. The monoisotopic (exact) mass is 398 g/mol. The molecule has 1 aliphatic rings. The van der Waals surface area contributed by atoms with Crippen LogP contribution in [0.15, 0.2) is 45.5 Å². The number of rotatable bonds is 5. The number of nitrogens with zero attached hydrogens (tertiary/aromatic N) is 1. The molecule has 1 aliphatic carbocycles. The maximum absolute atomic E-state index is 12.5. The SMILES string of the molecule is CN(CC1(c2ccc(Br)cc2)CC1)C(=O)c1coc(CN)c1.Cl. The van der Waals surface area contributed by atoms with Crippen LogP contribution in [0.5, 0.6) is 0 Å². The van der Waals surface area contributed by atoms with E-state index in [1.54, 1.807) is 11.0 Å². The average molecular weight is 400 g/mol. The van der Waals surface area contributed by atoms with Crippen molar-refractivity contribution in [1.29, 1.82) is 0 Å². The summed E-state index contributed by atoms with van der Waals surface area (Å²) in [4.78, 5) is 14.3. The predicted octanol–water partition coefficient (Wildman–Crippen LogP) is 3.73. The van der Waals surface area contributed by atoms with Crippen molar-refractivity contribution < 1.29 is 9.21 Å². The lowest BCUT2D eigenvalue weighted by atomic mass is 9.95. The molecule has 4 nitrogen and oxygen atoms in total. The fourth-order valence-electron chi connectivity index (χ4n) is 2.84. The summed E-state index contributed by atoms with van der Waals surface area (Å²) in [6, 6.07) is 10.1. The van der Waals surface area contributed by atoms with Gasteiger partial charge < -0.3 is 15.1 Å². The summed E-state index contributed by atoms with van der Waals surface area (Å²) in [5.41, 5.74) is 7.48. The van der Waals surface area contributed by atoms with Crippen LogP contribution < -0.4 is 5.73 Å². The normalized spacial score (nSPS) is 14.9. The van der Waals surface area contributed by atoms with Gasteiger partial charge in [-0.2, -0.15) is 0 Å². The van der Waals surface area contributed by atoms with Gasteiger partial charge in [-0.3, -0.25) is 4.79 Å². The first-order valence-electron chi connectivity index (χ1n) is 7.33. The Bertz CT molecular complexity index is 680. The molecule has 124 valence electrons. The van der Waals surface area contributed by atoms with Gasteiger partial charge in [0.05, 0.1) is 12.1 Å². The topological polar surface area (TPSA) is 59.5 Å². The van der Waals surface area contributed by atoms with Crippen LogP contribution >= 0.6 is 28.3 Å². The van der Waals surface area contributed by atoms with Crippen molar-refractivity contribution in [3.05, 3.63) is 58.0 Å². The van der Waals surface area contributed by atoms with Gasteiger partial charge in [0.1, 0.15) is 12.0 Å². The zero-order chi connectivity index (χ0) is 15.7. The Labute approximate surface area is 150 Å². The molecule has 1 aromatic carbocycles. The van der Waals surface area contributed by atoms with Crippen LogP contribution in [-0.2, 0) is 12.0 Å². The maximum atomic E-state index is 12.5. The molecule has 1 saturated carbocycles. The highest BCUT2D eigenvalue weighted by Crippen LogP contribution is 2.48.